The van der Waals surface area contributed by atoms with Gasteiger partial charge in [0.2, 0.25) is 0 Å². The smallest absolute Gasteiger partial charge is 0.460 e. The van der Waals surface area contributed by atoms with Crippen LogP contribution in [-0.2, 0) is 9.53 Å². The van der Waals surface area contributed by atoms with E-state index in [1.54, 1.807) is 0 Å². The second kappa shape index (κ2) is 8.79. The standard InChI is InChI=1S/C14H10F16O2/c1-6(2-3-9(17,18)19)7(31)32-5-4-8(15,16)10(20,21)11(22,23)12(24,25)13(26,27)14(28,29)30/h2H,3-5H2,1H3. The number of alkyl halides is 16. The van der Waals surface area contributed by atoms with E-state index in [1.807, 2.05) is 0 Å². The van der Waals surface area contributed by atoms with Gasteiger partial charge in [-0.05, 0) is 6.92 Å². The SMILES string of the molecule is CC(=CCC(F)(F)F)C(=O)OCCC(F)(F)C(F)(F)C(F)(F)C(F)(F)C(F)(F)C(F)(F)F. The molecule has 0 saturated carbocycles. The first-order chi connectivity index (χ1) is 13.8. The molecule has 0 radical (unpaired) electrons. The van der Waals surface area contributed by atoms with Crippen molar-refractivity contribution in [2.24, 2.45) is 0 Å². The minimum atomic E-state index is -8.06. The van der Waals surface area contributed by atoms with Crippen molar-refractivity contribution in [3.63, 3.8) is 0 Å². The summed E-state index contributed by atoms with van der Waals surface area (Å²) in [5.41, 5.74) is -0.931. The molecule has 0 atom stereocenters. The molecule has 18 heteroatoms. The lowest BCUT2D eigenvalue weighted by Gasteiger charge is -2.39. The first-order valence-electron chi connectivity index (χ1n) is 7.62. The third-order valence-corrected chi connectivity index (χ3v) is 3.61. The highest BCUT2D eigenvalue weighted by Gasteiger charge is 2.90. The highest BCUT2D eigenvalue weighted by atomic mass is 19.4. The van der Waals surface area contributed by atoms with Gasteiger partial charge >= 0.3 is 47.9 Å². The van der Waals surface area contributed by atoms with E-state index < -0.39 is 73.0 Å². The predicted octanol–water partition coefficient (Wildman–Crippen LogP) is 6.56. The summed E-state index contributed by atoms with van der Waals surface area (Å²) in [5, 5.41) is 0. The van der Waals surface area contributed by atoms with Gasteiger partial charge in [0.25, 0.3) is 0 Å². The molecule has 0 unspecified atom stereocenters. The van der Waals surface area contributed by atoms with Crippen molar-refractivity contribution in [3.8, 4) is 0 Å². The summed E-state index contributed by atoms with van der Waals surface area (Å²) in [5.74, 6) is -39.8. The molecular weight excluding hydrogens is 504 g/mol. The molecule has 0 bridgehead atoms. The number of halogens is 16. The van der Waals surface area contributed by atoms with Crippen LogP contribution in [0.15, 0.2) is 11.6 Å². The van der Waals surface area contributed by atoms with Crippen LogP contribution < -0.4 is 0 Å². The summed E-state index contributed by atoms with van der Waals surface area (Å²) in [6.45, 7) is -1.43. The molecule has 0 aromatic heterocycles. The molecule has 0 aromatic rings. The lowest BCUT2D eigenvalue weighted by molar-refractivity contribution is -0.440. The van der Waals surface area contributed by atoms with Crippen LogP contribution in [0, 0.1) is 0 Å². The number of ether oxygens (including phenoxy) is 1. The summed E-state index contributed by atoms with van der Waals surface area (Å²) < 4.78 is 207. The first kappa shape index (κ1) is 30.1. The Labute approximate surface area is 167 Å². The molecule has 190 valence electrons. The first-order valence-corrected chi connectivity index (χ1v) is 7.62. The third kappa shape index (κ3) is 5.71. The fraction of sp³-hybridized carbons (Fsp3) is 0.786. The minimum Gasteiger partial charge on any atom is -0.462 e. The van der Waals surface area contributed by atoms with E-state index in [9.17, 15) is 75.0 Å². The number of hydrogen-bond acceptors (Lipinski definition) is 2. The molecule has 0 rings (SSSR count). The second-order valence-corrected chi connectivity index (χ2v) is 6.09. The van der Waals surface area contributed by atoms with Crippen molar-refractivity contribution >= 4 is 5.97 Å². The topological polar surface area (TPSA) is 26.3 Å². The number of carbonyl (C=O) groups is 1. The van der Waals surface area contributed by atoms with Gasteiger partial charge in [-0.3, -0.25) is 0 Å². The molecule has 0 saturated heterocycles. The Hall–Kier alpha value is -1.91. The average Bonchev–Trinajstić information content (AvgIpc) is 2.56. The highest BCUT2D eigenvalue weighted by molar-refractivity contribution is 5.87. The predicted molar refractivity (Wildman–Crippen MR) is 70.8 cm³/mol. The Bertz CT molecular complexity index is 701. The summed E-state index contributed by atoms with van der Waals surface area (Å²) >= 11 is 0. The maximum absolute atomic E-state index is 13.4. The van der Waals surface area contributed by atoms with Crippen LogP contribution in [0.5, 0.6) is 0 Å². The minimum absolute atomic E-state index is 0.142. The number of allylic oxidation sites excluding steroid dienone is 1. The van der Waals surface area contributed by atoms with E-state index in [2.05, 4.69) is 4.74 Å². The van der Waals surface area contributed by atoms with Crippen LogP contribution in [0.4, 0.5) is 70.2 Å². The second-order valence-electron chi connectivity index (χ2n) is 6.09. The van der Waals surface area contributed by atoms with Crippen molar-refractivity contribution in [1.29, 1.82) is 0 Å². The van der Waals surface area contributed by atoms with Gasteiger partial charge in [0.05, 0.1) is 19.4 Å². The maximum Gasteiger partial charge on any atom is 0.460 e. The lowest BCUT2D eigenvalue weighted by atomic mass is 9.93. The molecule has 0 aliphatic rings. The average molecular weight is 514 g/mol. The van der Waals surface area contributed by atoms with Crippen molar-refractivity contribution < 1.29 is 79.8 Å². The van der Waals surface area contributed by atoms with Gasteiger partial charge in [-0.1, -0.05) is 6.08 Å². The van der Waals surface area contributed by atoms with Gasteiger partial charge in [0.1, 0.15) is 0 Å². The van der Waals surface area contributed by atoms with Crippen LogP contribution in [-0.4, -0.2) is 54.5 Å². The Morgan fingerprint density at radius 3 is 1.47 bits per heavy atom. The molecule has 0 spiro atoms. The molecule has 0 amide bonds. The van der Waals surface area contributed by atoms with Gasteiger partial charge in [-0.15, -0.1) is 0 Å². The molecular formula is C14H10F16O2. The Morgan fingerprint density at radius 2 is 1.09 bits per heavy atom. The molecule has 32 heavy (non-hydrogen) atoms. The lowest BCUT2D eigenvalue weighted by Crippen LogP contribution is -2.70. The van der Waals surface area contributed by atoms with Crippen LogP contribution in [0.1, 0.15) is 19.8 Å². The van der Waals surface area contributed by atoms with Crippen LogP contribution in [0.3, 0.4) is 0 Å². The van der Waals surface area contributed by atoms with E-state index in [4.69, 9.17) is 0 Å². The van der Waals surface area contributed by atoms with Gasteiger partial charge in [-0.25, -0.2) is 4.79 Å². The largest absolute Gasteiger partial charge is 0.462 e. The zero-order valence-electron chi connectivity index (χ0n) is 15.1. The van der Waals surface area contributed by atoms with Crippen LogP contribution in [0.2, 0.25) is 0 Å². The van der Waals surface area contributed by atoms with Gasteiger partial charge in [0, 0.05) is 5.57 Å². The van der Waals surface area contributed by atoms with Crippen molar-refractivity contribution in [1.82, 2.24) is 0 Å². The summed E-state index contributed by atoms with van der Waals surface area (Å²) in [6, 6.07) is 0. The van der Waals surface area contributed by atoms with E-state index in [0.29, 0.717) is 6.92 Å². The maximum atomic E-state index is 13.4. The Balaban J connectivity index is 5.59. The zero-order valence-corrected chi connectivity index (χ0v) is 15.1. The van der Waals surface area contributed by atoms with Crippen LogP contribution in [0.25, 0.3) is 0 Å². The number of hydrogen-bond donors (Lipinski definition) is 0. The van der Waals surface area contributed by atoms with Gasteiger partial charge in [0.15, 0.2) is 0 Å². The third-order valence-electron chi connectivity index (χ3n) is 3.61. The fourth-order valence-electron chi connectivity index (χ4n) is 1.70. The zero-order chi connectivity index (χ0) is 26.2. The molecule has 0 heterocycles. The number of rotatable bonds is 9. The molecule has 0 aliphatic heterocycles. The molecule has 0 aliphatic carbocycles. The van der Waals surface area contributed by atoms with Crippen molar-refractivity contribution in [2.45, 2.75) is 61.7 Å². The fourth-order valence-corrected chi connectivity index (χ4v) is 1.70. The summed E-state index contributed by atoms with van der Waals surface area (Å²) in [7, 11) is 0. The summed E-state index contributed by atoms with van der Waals surface area (Å²) in [6.07, 6.45) is -16.8. The Kier molecular flexibility index (Phi) is 8.27. The quantitative estimate of drug-likeness (QED) is 0.198. The molecule has 0 aromatic carbocycles. The number of esters is 1. The van der Waals surface area contributed by atoms with Gasteiger partial charge < -0.3 is 4.74 Å². The molecule has 0 N–H and O–H groups in total. The monoisotopic (exact) mass is 514 g/mol. The highest BCUT2D eigenvalue weighted by Crippen LogP contribution is 2.60. The van der Waals surface area contributed by atoms with E-state index >= 15 is 0 Å². The van der Waals surface area contributed by atoms with E-state index in [1.165, 1.54) is 0 Å². The van der Waals surface area contributed by atoms with E-state index in [-0.39, 0.29) is 6.08 Å². The van der Waals surface area contributed by atoms with Crippen LogP contribution >= 0.6 is 0 Å². The van der Waals surface area contributed by atoms with E-state index in [0.717, 1.165) is 0 Å². The van der Waals surface area contributed by atoms with Crippen molar-refractivity contribution in [2.75, 3.05) is 6.61 Å². The molecule has 0 fully saturated rings. The Morgan fingerprint density at radius 1 is 0.688 bits per heavy atom. The molecule has 2 nitrogen and oxygen atoms in total. The number of carbonyl (C=O) groups excluding carboxylic acids is 1. The van der Waals surface area contributed by atoms with Gasteiger partial charge in [-0.2, -0.15) is 70.2 Å². The normalized spacial score (nSPS) is 15.7. The summed E-state index contributed by atoms with van der Waals surface area (Å²) in [4.78, 5) is 11.2. The van der Waals surface area contributed by atoms with Crippen molar-refractivity contribution in [3.05, 3.63) is 11.6 Å².